The van der Waals surface area contributed by atoms with E-state index in [1.165, 1.54) is 0 Å². The van der Waals surface area contributed by atoms with Gasteiger partial charge in [-0.3, -0.25) is 0 Å². The van der Waals surface area contributed by atoms with Crippen LogP contribution < -0.4 is 0 Å². The molecule has 17 heavy (non-hydrogen) atoms. The van der Waals surface area contributed by atoms with Crippen molar-refractivity contribution in [2.45, 2.75) is 25.9 Å². The van der Waals surface area contributed by atoms with E-state index in [1.54, 1.807) is 6.92 Å². The molecule has 0 aliphatic heterocycles. The van der Waals surface area contributed by atoms with E-state index in [-0.39, 0.29) is 13.2 Å². The molecule has 0 aliphatic carbocycles. The Kier molecular flexibility index (Phi) is 7.71. The van der Waals surface area contributed by atoms with E-state index >= 15 is 0 Å². The number of carbonyl (C=O) groups is 2. The first-order valence-electron chi connectivity index (χ1n) is 5.27. The number of carbonyl (C=O) groups excluding carboxylic acids is 2. The topological polar surface area (TPSA) is 72.8 Å². The smallest absolute Gasteiger partial charge is 0.333 e. The lowest BCUT2D eigenvalue weighted by Crippen LogP contribution is -2.18. The number of hydrogen-bond donors (Lipinski definition) is 1. The maximum Gasteiger partial charge on any atom is 0.333 e. The molecule has 0 fully saturated rings. The van der Waals surface area contributed by atoms with Crippen LogP contribution >= 0.6 is 0 Å². The summed E-state index contributed by atoms with van der Waals surface area (Å²) in [6.07, 6.45) is 1.14. The Labute approximate surface area is 101 Å². The summed E-state index contributed by atoms with van der Waals surface area (Å²) in [7, 11) is 0. The standard InChI is InChI=1S/C12H18O5/c1-4-11(14)17-8-10(13)6-5-7-16-12(15)9(2)3/h4,10,13H,1-2,5-8H2,3H3. The first-order chi connectivity index (χ1) is 7.97. The van der Waals surface area contributed by atoms with Gasteiger partial charge >= 0.3 is 11.9 Å². The fraction of sp³-hybridized carbons (Fsp3) is 0.500. The zero-order chi connectivity index (χ0) is 13.3. The molecule has 0 amide bonds. The molecule has 0 radical (unpaired) electrons. The minimum atomic E-state index is -0.762. The number of rotatable bonds is 8. The highest BCUT2D eigenvalue weighted by Gasteiger charge is 2.08. The highest BCUT2D eigenvalue weighted by Crippen LogP contribution is 2.00. The highest BCUT2D eigenvalue weighted by atomic mass is 16.5. The maximum absolute atomic E-state index is 11.0. The van der Waals surface area contributed by atoms with E-state index in [0.717, 1.165) is 6.08 Å². The third-order valence-corrected chi connectivity index (χ3v) is 1.85. The molecule has 0 aliphatic rings. The number of esters is 2. The van der Waals surface area contributed by atoms with E-state index < -0.39 is 18.0 Å². The van der Waals surface area contributed by atoms with Gasteiger partial charge in [-0.05, 0) is 19.8 Å². The molecule has 0 rings (SSSR count). The van der Waals surface area contributed by atoms with Crippen molar-refractivity contribution in [3.05, 3.63) is 24.8 Å². The van der Waals surface area contributed by atoms with Gasteiger partial charge in [0.15, 0.2) is 0 Å². The molecule has 96 valence electrons. The molecular formula is C12H18O5. The van der Waals surface area contributed by atoms with Gasteiger partial charge in [0.05, 0.1) is 12.7 Å². The average molecular weight is 242 g/mol. The Hall–Kier alpha value is -1.62. The molecule has 0 aromatic heterocycles. The summed E-state index contributed by atoms with van der Waals surface area (Å²) in [6, 6.07) is 0. The second-order valence-electron chi connectivity index (χ2n) is 3.55. The third kappa shape index (κ3) is 8.21. The molecule has 5 nitrogen and oxygen atoms in total. The van der Waals surface area contributed by atoms with Crippen molar-refractivity contribution >= 4 is 11.9 Å². The minimum absolute atomic E-state index is 0.0840. The summed E-state index contributed by atoms with van der Waals surface area (Å²) in [5, 5.41) is 9.40. The molecule has 0 heterocycles. The Morgan fingerprint density at radius 2 is 2.06 bits per heavy atom. The fourth-order valence-corrected chi connectivity index (χ4v) is 0.928. The lowest BCUT2D eigenvalue weighted by molar-refractivity contribution is -0.140. The van der Waals surface area contributed by atoms with Crippen LogP contribution in [0.4, 0.5) is 0 Å². The van der Waals surface area contributed by atoms with Crippen molar-refractivity contribution in [1.82, 2.24) is 0 Å². The van der Waals surface area contributed by atoms with Gasteiger partial charge in [0.25, 0.3) is 0 Å². The fourth-order valence-electron chi connectivity index (χ4n) is 0.928. The zero-order valence-corrected chi connectivity index (χ0v) is 9.98. The van der Waals surface area contributed by atoms with Gasteiger partial charge in [0.2, 0.25) is 0 Å². The normalized spacial score (nSPS) is 11.4. The van der Waals surface area contributed by atoms with E-state index in [4.69, 9.17) is 4.74 Å². The molecule has 1 unspecified atom stereocenters. The van der Waals surface area contributed by atoms with Crippen LogP contribution in [-0.2, 0) is 19.1 Å². The van der Waals surface area contributed by atoms with E-state index in [2.05, 4.69) is 17.9 Å². The van der Waals surface area contributed by atoms with Crippen LogP contribution in [0.15, 0.2) is 24.8 Å². The first-order valence-corrected chi connectivity index (χ1v) is 5.27. The summed E-state index contributed by atoms with van der Waals surface area (Å²) < 4.78 is 9.47. The van der Waals surface area contributed by atoms with Crippen molar-refractivity contribution in [2.24, 2.45) is 0 Å². The quantitative estimate of drug-likeness (QED) is 0.390. The Balaban J connectivity index is 3.54. The molecule has 0 spiro atoms. The van der Waals surface area contributed by atoms with Gasteiger partial charge in [0.1, 0.15) is 6.61 Å². The molecule has 0 aromatic carbocycles. The summed E-state index contributed by atoms with van der Waals surface area (Å²) in [6.45, 7) is 8.35. The molecular weight excluding hydrogens is 224 g/mol. The minimum Gasteiger partial charge on any atom is -0.462 e. The number of hydrogen-bond acceptors (Lipinski definition) is 5. The highest BCUT2D eigenvalue weighted by molar-refractivity contribution is 5.86. The lowest BCUT2D eigenvalue weighted by atomic mass is 10.2. The van der Waals surface area contributed by atoms with Crippen LogP contribution in [-0.4, -0.2) is 36.4 Å². The number of aliphatic hydroxyl groups is 1. The third-order valence-electron chi connectivity index (χ3n) is 1.85. The van der Waals surface area contributed by atoms with Crippen molar-refractivity contribution in [2.75, 3.05) is 13.2 Å². The predicted molar refractivity (Wildman–Crippen MR) is 62.2 cm³/mol. The summed E-state index contributed by atoms with van der Waals surface area (Å²) >= 11 is 0. The SMILES string of the molecule is C=CC(=O)OCC(O)CCCOC(=O)C(=C)C. The summed E-state index contributed by atoms with van der Waals surface area (Å²) in [4.78, 5) is 21.7. The van der Waals surface area contributed by atoms with Crippen molar-refractivity contribution in [3.8, 4) is 0 Å². The summed E-state index contributed by atoms with van der Waals surface area (Å²) in [5.74, 6) is -1.02. The van der Waals surface area contributed by atoms with Crippen LogP contribution in [0.25, 0.3) is 0 Å². The Morgan fingerprint density at radius 3 is 2.59 bits per heavy atom. The molecule has 0 bridgehead atoms. The van der Waals surface area contributed by atoms with Gasteiger partial charge in [-0.1, -0.05) is 13.2 Å². The second-order valence-corrected chi connectivity index (χ2v) is 3.55. The van der Waals surface area contributed by atoms with Crippen LogP contribution in [0.5, 0.6) is 0 Å². The van der Waals surface area contributed by atoms with Gasteiger partial charge < -0.3 is 14.6 Å². The second kappa shape index (κ2) is 8.52. The Morgan fingerprint density at radius 1 is 1.41 bits per heavy atom. The average Bonchev–Trinajstić information content (AvgIpc) is 2.30. The Bertz CT molecular complexity index is 295. The summed E-state index contributed by atoms with van der Waals surface area (Å²) in [5.41, 5.74) is 0.338. The van der Waals surface area contributed by atoms with Crippen molar-refractivity contribution in [3.63, 3.8) is 0 Å². The zero-order valence-electron chi connectivity index (χ0n) is 9.98. The van der Waals surface area contributed by atoms with Crippen molar-refractivity contribution in [1.29, 1.82) is 0 Å². The van der Waals surface area contributed by atoms with Crippen molar-refractivity contribution < 1.29 is 24.2 Å². The van der Waals surface area contributed by atoms with E-state index in [1.807, 2.05) is 0 Å². The van der Waals surface area contributed by atoms with Gasteiger partial charge in [-0.2, -0.15) is 0 Å². The van der Waals surface area contributed by atoms with Crippen LogP contribution in [0.1, 0.15) is 19.8 Å². The number of aliphatic hydroxyl groups excluding tert-OH is 1. The maximum atomic E-state index is 11.0. The van der Waals surface area contributed by atoms with Gasteiger partial charge in [-0.15, -0.1) is 0 Å². The van der Waals surface area contributed by atoms with E-state index in [9.17, 15) is 14.7 Å². The molecule has 5 heteroatoms. The number of ether oxygens (including phenoxy) is 2. The van der Waals surface area contributed by atoms with Crippen LogP contribution in [0.3, 0.4) is 0 Å². The lowest BCUT2D eigenvalue weighted by Gasteiger charge is -2.10. The molecule has 0 aromatic rings. The molecule has 0 saturated carbocycles. The molecule has 1 N–H and O–H groups in total. The largest absolute Gasteiger partial charge is 0.462 e. The monoisotopic (exact) mass is 242 g/mol. The van der Waals surface area contributed by atoms with Gasteiger partial charge in [0, 0.05) is 11.6 Å². The first kappa shape index (κ1) is 15.4. The van der Waals surface area contributed by atoms with Gasteiger partial charge in [-0.25, -0.2) is 9.59 Å². The predicted octanol–water partition coefficient (Wildman–Crippen LogP) is 0.976. The molecule has 1 atom stereocenters. The van der Waals surface area contributed by atoms with Crippen LogP contribution in [0.2, 0.25) is 0 Å². The van der Waals surface area contributed by atoms with Crippen LogP contribution in [0, 0.1) is 0 Å². The molecule has 0 saturated heterocycles. The van der Waals surface area contributed by atoms with E-state index in [0.29, 0.717) is 18.4 Å².